The van der Waals surface area contributed by atoms with Gasteiger partial charge in [-0.2, -0.15) is 0 Å². The number of piperazine rings is 1. The number of thiophene rings is 2. The molecular formula is C14H17BrN2S2. The fraction of sp³-hybridized carbons (Fsp3) is 0.429. The van der Waals surface area contributed by atoms with Crippen LogP contribution >= 0.6 is 38.6 Å². The van der Waals surface area contributed by atoms with Crippen LogP contribution in [-0.4, -0.2) is 31.1 Å². The predicted molar refractivity (Wildman–Crippen MR) is 87.4 cm³/mol. The molecule has 5 heteroatoms. The average molecular weight is 357 g/mol. The summed E-state index contributed by atoms with van der Waals surface area (Å²) in [7, 11) is 0. The van der Waals surface area contributed by atoms with Crippen molar-refractivity contribution < 1.29 is 0 Å². The van der Waals surface area contributed by atoms with E-state index < -0.39 is 0 Å². The van der Waals surface area contributed by atoms with Gasteiger partial charge in [0, 0.05) is 35.9 Å². The molecule has 2 aromatic heterocycles. The van der Waals surface area contributed by atoms with Crippen LogP contribution in [0.2, 0.25) is 0 Å². The lowest BCUT2D eigenvalue weighted by Crippen LogP contribution is -2.45. The van der Waals surface area contributed by atoms with Crippen LogP contribution in [0.15, 0.2) is 27.4 Å². The van der Waals surface area contributed by atoms with E-state index >= 15 is 0 Å². The van der Waals surface area contributed by atoms with E-state index in [4.69, 9.17) is 0 Å². The molecule has 1 aliphatic rings. The van der Waals surface area contributed by atoms with Gasteiger partial charge in [-0.15, -0.1) is 22.7 Å². The lowest BCUT2D eigenvalue weighted by molar-refractivity contribution is 0.202. The van der Waals surface area contributed by atoms with Gasteiger partial charge in [0.15, 0.2) is 0 Å². The van der Waals surface area contributed by atoms with Crippen LogP contribution < -0.4 is 5.32 Å². The highest BCUT2D eigenvalue weighted by molar-refractivity contribution is 9.11. The lowest BCUT2D eigenvalue weighted by atomic mass is 10.1. The van der Waals surface area contributed by atoms with Crippen LogP contribution in [0.1, 0.15) is 21.4 Å². The van der Waals surface area contributed by atoms with Crippen molar-refractivity contribution in [1.82, 2.24) is 10.2 Å². The van der Waals surface area contributed by atoms with E-state index in [9.17, 15) is 0 Å². The van der Waals surface area contributed by atoms with Gasteiger partial charge in [-0.1, -0.05) is 0 Å². The first-order chi connectivity index (χ1) is 9.25. The number of hydrogen-bond acceptors (Lipinski definition) is 4. The summed E-state index contributed by atoms with van der Waals surface area (Å²) >= 11 is 7.34. The maximum atomic E-state index is 3.60. The summed E-state index contributed by atoms with van der Waals surface area (Å²) in [6, 6.07) is 7.09. The molecule has 1 fully saturated rings. The monoisotopic (exact) mass is 356 g/mol. The third-order valence-electron chi connectivity index (χ3n) is 3.53. The highest BCUT2D eigenvalue weighted by Gasteiger charge is 2.27. The molecule has 102 valence electrons. The van der Waals surface area contributed by atoms with Crippen molar-refractivity contribution in [2.75, 3.05) is 26.2 Å². The summed E-state index contributed by atoms with van der Waals surface area (Å²) in [6.07, 6.45) is 0. The smallest absolute Gasteiger partial charge is 0.0793 e. The Bertz CT molecular complexity index is 543. The van der Waals surface area contributed by atoms with E-state index in [1.165, 1.54) is 19.1 Å². The first-order valence-corrected chi connectivity index (χ1v) is 8.98. The van der Waals surface area contributed by atoms with Gasteiger partial charge < -0.3 is 5.32 Å². The molecule has 1 saturated heterocycles. The minimum absolute atomic E-state index is 0.429. The molecule has 1 unspecified atom stereocenters. The second-order valence-corrected chi connectivity index (χ2v) is 8.24. The minimum atomic E-state index is 0.429. The van der Waals surface area contributed by atoms with E-state index in [0.717, 1.165) is 26.2 Å². The van der Waals surface area contributed by atoms with Crippen molar-refractivity contribution in [2.24, 2.45) is 0 Å². The fourth-order valence-electron chi connectivity index (χ4n) is 2.56. The van der Waals surface area contributed by atoms with Crippen molar-refractivity contribution in [2.45, 2.75) is 13.0 Å². The fourth-order valence-corrected chi connectivity index (χ4v) is 5.28. The summed E-state index contributed by atoms with van der Waals surface area (Å²) in [5.74, 6) is 0. The maximum absolute atomic E-state index is 3.60. The third-order valence-corrected chi connectivity index (χ3v) is 6.28. The zero-order chi connectivity index (χ0) is 13.2. The Balaban J connectivity index is 1.97. The molecule has 2 nitrogen and oxygen atoms in total. The van der Waals surface area contributed by atoms with Gasteiger partial charge in [0.05, 0.1) is 9.83 Å². The van der Waals surface area contributed by atoms with E-state index in [-0.39, 0.29) is 0 Å². The molecular weight excluding hydrogens is 340 g/mol. The van der Waals surface area contributed by atoms with Crippen LogP contribution in [0, 0.1) is 6.92 Å². The summed E-state index contributed by atoms with van der Waals surface area (Å²) in [5, 5.41) is 5.65. The van der Waals surface area contributed by atoms with Crippen LogP contribution in [0.25, 0.3) is 0 Å². The second kappa shape index (κ2) is 6.06. The van der Waals surface area contributed by atoms with Gasteiger partial charge in [0.2, 0.25) is 0 Å². The van der Waals surface area contributed by atoms with Crippen molar-refractivity contribution in [1.29, 1.82) is 0 Å². The molecule has 1 N–H and O–H groups in total. The van der Waals surface area contributed by atoms with Crippen molar-refractivity contribution in [3.05, 3.63) is 42.7 Å². The topological polar surface area (TPSA) is 15.3 Å². The minimum Gasteiger partial charge on any atom is -0.314 e. The number of aryl methyl sites for hydroxylation is 1. The Kier molecular flexibility index (Phi) is 4.39. The first kappa shape index (κ1) is 13.8. The van der Waals surface area contributed by atoms with Gasteiger partial charge in [0.1, 0.15) is 0 Å². The van der Waals surface area contributed by atoms with Crippen LogP contribution in [0.5, 0.6) is 0 Å². The Labute approximate surface area is 130 Å². The average Bonchev–Trinajstić information content (AvgIpc) is 3.02. The zero-order valence-electron chi connectivity index (χ0n) is 10.9. The molecule has 0 radical (unpaired) electrons. The van der Waals surface area contributed by atoms with Gasteiger partial charge in [-0.05, 0) is 52.0 Å². The lowest BCUT2D eigenvalue weighted by Gasteiger charge is -2.34. The van der Waals surface area contributed by atoms with Gasteiger partial charge in [0.25, 0.3) is 0 Å². The second-order valence-electron chi connectivity index (χ2n) is 4.80. The van der Waals surface area contributed by atoms with Crippen LogP contribution in [0.4, 0.5) is 0 Å². The SMILES string of the molecule is Cc1ccsc1C(c1ccc(Br)s1)N1CCNCC1. The van der Waals surface area contributed by atoms with Gasteiger partial charge in [-0.25, -0.2) is 0 Å². The highest BCUT2D eigenvalue weighted by atomic mass is 79.9. The molecule has 0 aliphatic carbocycles. The number of rotatable bonds is 3. The normalized spacial score (nSPS) is 18.6. The van der Waals surface area contributed by atoms with Crippen molar-refractivity contribution in [3.8, 4) is 0 Å². The molecule has 0 aromatic carbocycles. The molecule has 1 aliphatic heterocycles. The summed E-state index contributed by atoms with van der Waals surface area (Å²) < 4.78 is 1.22. The van der Waals surface area contributed by atoms with Crippen LogP contribution in [-0.2, 0) is 0 Å². The first-order valence-electron chi connectivity index (χ1n) is 6.49. The molecule has 2 aromatic rings. The third kappa shape index (κ3) is 2.95. The van der Waals surface area contributed by atoms with Gasteiger partial charge in [-0.3, -0.25) is 4.90 Å². The molecule has 0 saturated carbocycles. The number of nitrogens with one attached hydrogen (secondary N) is 1. The molecule has 0 bridgehead atoms. The Morgan fingerprint density at radius 3 is 2.63 bits per heavy atom. The van der Waals surface area contributed by atoms with E-state index in [0.29, 0.717) is 6.04 Å². The maximum Gasteiger partial charge on any atom is 0.0793 e. The zero-order valence-corrected chi connectivity index (χ0v) is 14.1. The summed E-state index contributed by atoms with van der Waals surface area (Å²) in [5.41, 5.74) is 1.41. The molecule has 0 amide bonds. The number of nitrogens with zero attached hydrogens (tertiary/aromatic N) is 1. The number of hydrogen-bond donors (Lipinski definition) is 1. The van der Waals surface area contributed by atoms with Crippen LogP contribution in [0.3, 0.4) is 0 Å². The Morgan fingerprint density at radius 2 is 2.05 bits per heavy atom. The number of halogens is 1. The Morgan fingerprint density at radius 1 is 1.26 bits per heavy atom. The quantitative estimate of drug-likeness (QED) is 0.897. The van der Waals surface area contributed by atoms with E-state index in [1.54, 1.807) is 0 Å². The standard InChI is InChI=1S/C14H17BrN2S2/c1-10-4-9-18-14(10)13(11-2-3-12(15)19-11)17-7-5-16-6-8-17/h2-4,9,13,16H,5-8H2,1H3. The molecule has 0 spiro atoms. The molecule has 1 atom stereocenters. The van der Waals surface area contributed by atoms with E-state index in [1.807, 2.05) is 22.7 Å². The molecule has 3 heterocycles. The highest BCUT2D eigenvalue weighted by Crippen LogP contribution is 2.38. The van der Waals surface area contributed by atoms with Crippen molar-refractivity contribution >= 4 is 38.6 Å². The van der Waals surface area contributed by atoms with E-state index in [2.05, 4.69) is 56.6 Å². The molecule has 3 rings (SSSR count). The van der Waals surface area contributed by atoms with Crippen molar-refractivity contribution in [3.63, 3.8) is 0 Å². The largest absolute Gasteiger partial charge is 0.314 e. The summed E-state index contributed by atoms with van der Waals surface area (Å²) in [4.78, 5) is 5.55. The predicted octanol–water partition coefficient (Wildman–Crippen LogP) is 3.88. The Hall–Kier alpha value is -0.200. The molecule has 19 heavy (non-hydrogen) atoms. The summed E-state index contributed by atoms with van der Waals surface area (Å²) in [6.45, 7) is 6.65. The van der Waals surface area contributed by atoms with Gasteiger partial charge >= 0.3 is 0 Å².